The zero-order chi connectivity index (χ0) is 12.7. The molecule has 0 aromatic carbocycles. The molecular weight excluding hydrogens is 196 g/mol. The van der Waals surface area contributed by atoms with E-state index in [1.54, 1.807) is 0 Å². The van der Waals surface area contributed by atoms with Crippen molar-refractivity contribution in [3.8, 4) is 0 Å². The molecule has 0 bridgehead atoms. The Hall–Kier alpha value is -0.400. The first kappa shape index (κ1) is 15.6. The summed E-state index contributed by atoms with van der Waals surface area (Å²) >= 11 is 0. The fourth-order valence-electron chi connectivity index (χ4n) is 1.59. The minimum absolute atomic E-state index is 0.0134. The van der Waals surface area contributed by atoms with Crippen LogP contribution in [-0.2, 0) is 0 Å². The predicted octanol–water partition coefficient (Wildman–Crippen LogP) is 5.38. The number of rotatable bonds is 8. The van der Waals surface area contributed by atoms with E-state index in [1.165, 1.54) is 25.7 Å². The quantitative estimate of drug-likeness (QED) is 0.497. The molecule has 0 amide bonds. The van der Waals surface area contributed by atoms with Crippen molar-refractivity contribution in [3.05, 3.63) is 0 Å². The van der Waals surface area contributed by atoms with Crippen LogP contribution in [0.15, 0.2) is 10.2 Å². The van der Waals surface area contributed by atoms with Crippen LogP contribution in [0, 0.1) is 0 Å². The topological polar surface area (TPSA) is 24.7 Å². The van der Waals surface area contributed by atoms with Crippen LogP contribution >= 0.6 is 0 Å². The minimum atomic E-state index is 0.0134. The van der Waals surface area contributed by atoms with Crippen molar-refractivity contribution in [3.63, 3.8) is 0 Å². The second kappa shape index (κ2) is 7.03. The van der Waals surface area contributed by atoms with Crippen LogP contribution in [0.3, 0.4) is 0 Å². The lowest BCUT2D eigenvalue weighted by Gasteiger charge is -2.22. The number of hydrogen-bond acceptors (Lipinski definition) is 2. The molecule has 16 heavy (non-hydrogen) atoms. The van der Waals surface area contributed by atoms with Crippen molar-refractivity contribution in [1.82, 2.24) is 0 Å². The molecule has 0 aliphatic rings. The first-order valence-corrected chi connectivity index (χ1v) is 6.77. The maximum atomic E-state index is 4.54. The van der Waals surface area contributed by atoms with E-state index in [4.69, 9.17) is 0 Å². The van der Waals surface area contributed by atoms with Crippen LogP contribution in [0.4, 0.5) is 0 Å². The molecule has 2 nitrogen and oxygen atoms in total. The molecule has 0 rings (SSSR count). The average Bonchev–Trinajstić information content (AvgIpc) is 2.22. The monoisotopic (exact) mass is 226 g/mol. The van der Waals surface area contributed by atoms with E-state index in [0.717, 1.165) is 12.8 Å². The molecule has 96 valence electrons. The molecule has 0 aliphatic heterocycles. The third-order valence-electron chi connectivity index (χ3n) is 2.88. The molecule has 0 fully saturated rings. The smallest absolute Gasteiger partial charge is 0.0760 e. The third kappa shape index (κ3) is 7.84. The Morgan fingerprint density at radius 1 is 0.688 bits per heavy atom. The summed E-state index contributed by atoms with van der Waals surface area (Å²) < 4.78 is 0. The fraction of sp³-hybridized carbons (Fsp3) is 1.00. The summed E-state index contributed by atoms with van der Waals surface area (Å²) in [6.07, 6.45) is 7.22. The van der Waals surface area contributed by atoms with Crippen molar-refractivity contribution in [2.24, 2.45) is 10.2 Å². The molecule has 0 saturated carbocycles. The van der Waals surface area contributed by atoms with Gasteiger partial charge in [0.1, 0.15) is 0 Å². The predicted molar refractivity (Wildman–Crippen MR) is 72.1 cm³/mol. The maximum Gasteiger partial charge on any atom is 0.0760 e. The zero-order valence-electron chi connectivity index (χ0n) is 12.1. The molecule has 0 N–H and O–H groups in total. The molecule has 0 heterocycles. The van der Waals surface area contributed by atoms with Crippen LogP contribution in [0.5, 0.6) is 0 Å². The summed E-state index contributed by atoms with van der Waals surface area (Å²) in [7, 11) is 0. The molecule has 0 aliphatic carbocycles. The molecular formula is C14H30N2. The van der Waals surface area contributed by atoms with Crippen molar-refractivity contribution in [2.45, 2.75) is 91.1 Å². The van der Waals surface area contributed by atoms with Gasteiger partial charge < -0.3 is 0 Å². The standard InChI is InChI=1S/C14H30N2/c1-7-9-11-13(3,4)15-16-14(5,6)12-10-8-2/h7-12H2,1-6H3. The van der Waals surface area contributed by atoms with Crippen molar-refractivity contribution in [2.75, 3.05) is 0 Å². The van der Waals surface area contributed by atoms with E-state index in [0.29, 0.717) is 0 Å². The van der Waals surface area contributed by atoms with Gasteiger partial charge >= 0.3 is 0 Å². The Morgan fingerprint density at radius 3 is 1.25 bits per heavy atom. The SMILES string of the molecule is CCCCC(C)(C)N=NC(C)(C)CCCC. The lowest BCUT2D eigenvalue weighted by molar-refractivity contribution is 0.374. The Bertz CT molecular complexity index is 183. The van der Waals surface area contributed by atoms with Gasteiger partial charge in [-0.1, -0.05) is 39.5 Å². The van der Waals surface area contributed by atoms with Gasteiger partial charge in [0.2, 0.25) is 0 Å². The van der Waals surface area contributed by atoms with Crippen molar-refractivity contribution in [1.29, 1.82) is 0 Å². The Labute approximate surface area is 102 Å². The summed E-state index contributed by atoms with van der Waals surface area (Å²) in [5.41, 5.74) is 0.0268. The minimum Gasteiger partial charge on any atom is -0.187 e. The first-order chi connectivity index (χ1) is 7.33. The van der Waals surface area contributed by atoms with Crippen LogP contribution in [0.1, 0.15) is 80.1 Å². The molecule has 0 spiro atoms. The molecule has 0 atom stereocenters. The van der Waals surface area contributed by atoms with Gasteiger partial charge in [0.15, 0.2) is 0 Å². The third-order valence-corrected chi connectivity index (χ3v) is 2.88. The highest BCUT2D eigenvalue weighted by Crippen LogP contribution is 2.23. The second-order valence-corrected chi connectivity index (χ2v) is 6.03. The fourth-order valence-corrected chi connectivity index (χ4v) is 1.59. The highest BCUT2D eigenvalue weighted by Gasteiger charge is 2.20. The van der Waals surface area contributed by atoms with E-state index < -0.39 is 0 Å². The highest BCUT2D eigenvalue weighted by molar-refractivity contribution is 4.80. The lowest BCUT2D eigenvalue weighted by atomic mass is 9.97. The summed E-state index contributed by atoms with van der Waals surface area (Å²) in [5.74, 6) is 0. The number of hydrogen-bond donors (Lipinski definition) is 0. The van der Waals surface area contributed by atoms with E-state index in [2.05, 4.69) is 51.8 Å². The van der Waals surface area contributed by atoms with Crippen molar-refractivity contribution < 1.29 is 0 Å². The van der Waals surface area contributed by atoms with Gasteiger partial charge in [0, 0.05) is 0 Å². The van der Waals surface area contributed by atoms with E-state index in [9.17, 15) is 0 Å². The molecule has 0 unspecified atom stereocenters. The van der Waals surface area contributed by atoms with Gasteiger partial charge in [-0.15, -0.1) is 0 Å². The molecule has 0 aromatic rings. The normalized spacial score (nSPS) is 13.6. The second-order valence-electron chi connectivity index (χ2n) is 6.03. The maximum absolute atomic E-state index is 4.54. The van der Waals surface area contributed by atoms with Crippen molar-refractivity contribution >= 4 is 0 Å². The van der Waals surface area contributed by atoms with Crippen LogP contribution in [0.25, 0.3) is 0 Å². The van der Waals surface area contributed by atoms with E-state index in [1.807, 2.05) is 0 Å². The summed E-state index contributed by atoms with van der Waals surface area (Å²) in [5, 5.41) is 9.09. The van der Waals surface area contributed by atoms with Gasteiger partial charge in [-0.05, 0) is 40.5 Å². The van der Waals surface area contributed by atoms with Gasteiger partial charge in [0.25, 0.3) is 0 Å². The van der Waals surface area contributed by atoms with Gasteiger partial charge in [-0.25, -0.2) is 0 Å². The van der Waals surface area contributed by atoms with Crippen LogP contribution in [-0.4, -0.2) is 11.1 Å². The average molecular weight is 226 g/mol. The Balaban J connectivity index is 4.21. The summed E-state index contributed by atoms with van der Waals surface area (Å²) in [6.45, 7) is 13.2. The van der Waals surface area contributed by atoms with E-state index in [-0.39, 0.29) is 11.1 Å². The van der Waals surface area contributed by atoms with Gasteiger partial charge in [0.05, 0.1) is 11.1 Å². The van der Waals surface area contributed by atoms with Crippen LogP contribution < -0.4 is 0 Å². The Morgan fingerprint density at radius 2 is 1.00 bits per heavy atom. The molecule has 0 radical (unpaired) electrons. The largest absolute Gasteiger partial charge is 0.187 e. The van der Waals surface area contributed by atoms with Gasteiger partial charge in [-0.2, -0.15) is 10.2 Å². The molecule has 2 heteroatoms. The number of azo groups is 1. The number of unbranched alkanes of at least 4 members (excludes halogenated alkanes) is 2. The lowest BCUT2D eigenvalue weighted by Crippen LogP contribution is -2.20. The van der Waals surface area contributed by atoms with Gasteiger partial charge in [-0.3, -0.25) is 0 Å². The number of nitrogens with zero attached hydrogens (tertiary/aromatic N) is 2. The summed E-state index contributed by atoms with van der Waals surface area (Å²) in [4.78, 5) is 0. The first-order valence-electron chi connectivity index (χ1n) is 6.77. The zero-order valence-corrected chi connectivity index (χ0v) is 12.1. The van der Waals surface area contributed by atoms with Crippen LogP contribution in [0.2, 0.25) is 0 Å². The highest BCUT2D eigenvalue weighted by atomic mass is 15.2. The Kier molecular flexibility index (Phi) is 6.85. The van der Waals surface area contributed by atoms with E-state index >= 15 is 0 Å². The molecule has 0 saturated heterocycles. The summed E-state index contributed by atoms with van der Waals surface area (Å²) in [6, 6.07) is 0. The molecule has 0 aromatic heterocycles.